The number of nitrogens with one attached hydrogen (secondary N) is 1. The van der Waals surface area contributed by atoms with E-state index in [4.69, 9.17) is 18.9 Å². The lowest BCUT2D eigenvalue weighted by Crippen LogP contribution is -2.23. The first kappa shape index (κ1) is 19.4. The topological polar surface area (TPSA) is 66.0 Å². The van der Waals surface area contributed by atoms with E-state index in [9.17, 15) is 4.79 Å². The molecule has 0 radical (unpaired) electrons. The molecule has 0 aromatic heterocycles. The normalized spacial score (nSPS) is 15.6. The Morgan fingerprint density at radius 3 is 2.33 bits per heavy atom. The van der Waals surface area contributed by atoms with E-state index in [-0.39, 0.29) is 11.8 Å². The third-order valence-corrected chi connectivity index (χ3v) is 5.13. The van der Waals surface area contributed by atoms with E-state index < -0.39 is 0 Å². The van der Waals surface area contributed by atoms with Crippen molar-refractivity contribution in [2.45, 2.75) is 19.3 Å². The second kappa shape index (κ2) is 8.08. The first-order chi connectivity index (χ1) is 13.0. The van der Waals surface area contributed by atoms with Gasteiger partial charge in [-0.05, 0) is 52.2 Å². The molecule has 3 rings (SSSR count). The molecule has 0 saturated carbocycles. The summed E-state index contributed by atoms with van der Waals surface area (Å²) in [4.78, 5) is 12.3. The highest BCUT2D eigenvalue weighted by molar-refractivity contribution is 9.10. The SMILES string of the molecule is CCOc1c(Br)cc([C@H]2CC(=O)Nc3cc(OC)c(OC)cc32)cc1OC. The summed E-state index contributed by atoms with van der Waals surface area (Å²) in [6.07, 6.45) is 0.325. The lowest BCUT2D eigenvalue weighted by Gasteiger charge is -2.28. The fourth-order valence-corrected chi connectivity index (χ4v) is 3.88. The number of benzene rings is 2. The Bertz CT molecular complexity index is 868. The van der Waals surface area contributed by atoms with Gasteiger partial charge in [-0.2, -0.15) is 0 Å². The van der Waals surface area contributed by atoms with Crippen molar-refractivity contribution in [3.63, 3.8) is 0 Å². The summed E-state index contributed by atoms with van der Waals surface area (Å²) in [6.45, 7) is 2.45. The van der Waals surface area contributed by atoms with Crippen LogP contribution in [-0.2, 0) is 4.79 Å². The van der Waals surface area contributed by atoms with Gasteiger partial charge >= 0.3 is 0 Å². The Morgan fingerprint density at radius 1 is 1.04 bits per heavy atom. The number of carbonyl (C=O) groups excluding carboxylic acids is 1. The van der Waals surface area contributed by atoms with Gasteiger partial charge in [0.2, 0.25) is 5.91 Å². The molecule has 7 heteroatoms. The van der Waals surface area contributed by atoms with Crippen molar-refractivity contribution in [1.82, 2.24) is 0 Å². The van der Waals surface area contributed by atoms with Crippen LogP contribution in [0.1, 0.15) is 30.4 Å². The van der Waals surface area contributed by atoms with E-state index >= 15 is 0 Å². The molecule has 2 aromatic carbocycles. The van der Waals surface area contributed by atoms with Crippen LogP contribution in [0.25, 0.3) is 0 Å². The molecule has 0 saturated heterocycles. The minimum absolute atomic E-state index is 0.0521. The van der Waals surface area contributed by atoms with Gasteiger partial charge in [0.25, 0.3) is 0 Å². The van der Waals surface area contributed by atoms with Gasteiger partial charge in [-0.25, -0.2) is 0 Å². The molecule has 6 nitrogen and oxygen atoms in total. The summed E-state index contributed by atoms with van der Waals surface area (Å²) in [6, 6.07) is 7.59. The van der Waals surface area contributed by atoms with Gasteiger partial charge < -0.3 is 24.3 Å². The minimum Gasteiger partial charge on any atom is -0.493 e. The van der Waals surface area contributed by atoms with Crippen LogP contribution >= 0.6 is 15.9 Å². The summed E-state index contributed by atoms with van der Waals surface area (Å²) < 4.78 is 22.8. The molecular weight excluding hydrogens is 414 g/mol. The van der Waals surface area contributed by atoms with Crippen molar-refractivity contribution in [2.75, 3.05) is 33.3 Å². The van der Waals surface area contributed by atoms with Crippen LogP contribution in [0.2, 0.25) is 0 Å². The Kier molecular flexibility index (Phi) is 5.79. The molecule has 1 amide bonds. The summed E-state index contributed by atoms with van der Waals surface area (Å²) in [5.41, 5.74) is 2.63. The zero-order chi connectivity index (χ0) is 19.6. The fourth-order valence-electron chi connectivity index (χ4n) is 3.31. The van der Waals surface area contributed by atoms with Gasteiger partial charge in [0, 0.05) is 24.1 Å². The number of rotatable bonds is 6. The van der Waals surface area contributed by atoms with Crippen LogP contribution in [0.4, 0.5) is 5.69 Å². The third-order valence-electron chi connectivity index (χ3n) is 4.54. The third kappa shape index (κ3) is 3.69. The summed E-state index contributed by atoms with van der Waals surface area (Å²) in [5.74, 6) is 2.26. The molecule has 0 unspecified atom stereocenters. The molecule has 0 fully saturated rings. The number of anilines is 1. The lowest BCUT2D eigenvalue weighted by atomic mass is 9.84. The molecule has 0 bridgehead atoms. The number of amides is 1. The minimum atomic E-state index is -0.144. The largest absolute Gasteiger partial charge is 0.493 e. The molecule has 27 heavy (non-hydrogen) atoms. The number of fused-ring (bicyclic) bond motifs is 1. The first-order valence-electron chi connectivity index (χ1n) is 8.58. The number of carbonyl (C=O) groups is 1. The van der Waals surface area contributed by atoms with Crippen molar-refractivity contribution in [3.8, 4) is 23.0 Å². The summed E-state index contributed by atoms with van der Waals surface area (Å²) in [5, 5.41) is 2.92. The molecule has 2 aromatic rings. The van der Waals surface area contributed by atoms with Crippen LogP contribution in [0.15, 0.2) is 28.7 Å². The molecule has 0 aliphatic carbocycles. The van der Waals surface area contributed by atoms with E-state index in [2.05, 4.69) is 21.2 Å². The molecule has 144 valence electrons. The van der Waals surface area contributed by atoms with Gasteiger partial charge in [-0.1, -0.05) is 0 Å². The smallest absolute Gasteiger partial charge is 0.225 e. The van der Waals surface area contributed by atoms with Crippen LogP contribution < -0.4 is 24.3 Å². The highest BCUT2D eigenvalue weighted by atomic mass is 79.9. The highest BCUT2D eigenvalue weighted by Crippen LogP contribution is 2.46. The zero-order valence-electron chi connectivity index (χ0n) is 15.7. The Balaban J connectivity index is 2.13. The molecule has 0 spiro atoms. The number of hydrogen-bond donors (Lipinski definition) is 1. The van der Waals surface area contributed by atoms with Gasteiger partial charge in [-0.3, -0.25) is 4.79 Å². The standard InChI is InChI=1S/C20H22BrNO5/c1-5-27-20-14(21)6-11(7-18(20)26-4)12-9-19(23)22-15-10-17(25-3)16(24-2)8-13(12)15/h6-8,10,12H,5,9H2,1-4H3,(H,22,23)/t12-/m1/s1. The van der Waals surface area contributed by atoms with Crippen molar-refractivity contribution in [3.05, 3.63) is 39.9 Å². The number of halogens is 1. The summed E-state index contributed by atoms with van der Waals surface area (Å²) in [7, 11) is 4.77. The molecule has 1 atom stereocenters. The van der Waals surface area contributed by atoms with Gasteiger partial charge in [0.05, 0.1) is 32.4 Å². The van der Waals surface area contributed by atoms with Gasteiger partial charge in [0.15, 0.2) is 23.0 Å². The molecular formula is C20H22BrNO5. The number of ether oxygens (including phenoxy) is 4. The maximum absolute atomic E-state index is 12.3. The zero-order valence-corrected chi connectivity index (χ0v) is 17.3. The predicted molar refractivity (Wildman–Crippen MR) is 106 cm³/mol. The number of hydrogen-bond acceptors (Lipinski definition) is 5. The quantitative estimate of drug-likeness (QED) is 0.730. The first-order valence-corrected chi connectivity index (χ1v) is 9.37. The van der Waals surface area contributed by atoms with Crippen molar-refractivity contribution in [2.24, 2.45) is 0 Å². The Morgan fingerprint density at radius 2 is 1.70 bits per heavy atom. The lowest BCUT2D eigenvalue weighted by molar-refractivity contribution is -0.116. The second-order valence-electron chi connectivity index (χ2n) is 6.07. The Labute approximate surface area is 166 Å². The monoisotopic (exact) mass is 435 g/mol. The second-order valence-corrected chi connectivity index (χ2v) is 6.92. The van der Waals surface area contributed by atoms with Crippen LogP contribution in [0.5, 0.6) is 23.0 Å². The van der Waals surface area contributed by atoms with Gasteiger partial charge in [-0.15, -0.1) is 0 Å². The number of methoxy groups -OCH3 is 3. The van der Waals surface area contributed by atoms with Crippen molar-refractivity contribution < 1.29 is 23.7 Å². The average Bonchev–Trinajstić information content (AvgIpc) is 2.67. The van der Waals surface area contributed by atoms with Crippen LogP contribution in [0.3, 0.4) is 0 Å². The van der Waals surface area contributed by atoms with E-state index in [1.54, 1.807) is 27.4 Å². The maximum Gasteiger partial charge on any atom is 0.225 e. The maximum atomic E-state index is 12.3. The van der Waals surface area contributed by atoms with E-state index in [1.165, 1.54) is 0 Å². The van der Waals surface area contributed by atoms with Crippen molar-refractivity contribution >= 4 is 27.5 Å². The van der Waals surface area contributed by atoms with E-state index in [0.29, 0.717) is 36.0 Å². The predicted octanol–water partition coefficient (Wildman–Crippen LogP) is 4.35. The molecule has 1 N–H and O–H groups in total. The van der Waals surface area contributed by atoms with E-state index in [1.807, 2.05) is 25.1 Å². The Hall–Kier alpha value is -2.41. The molecule has 1 aliphatic heterocycles. The van der Waals surface area contributed by atoms with Crippen LogP contribution in [-0.4, -0.2) is 33.8 Å². The van der Waals surface area contributed by atoms with Crippen molar-refractivity contribution in [1.29, 1.82) is 0 Å². The highest BCUT2D eigenvalue weighted by Gasteiger charge is 2.29. The van der Waals surface area contributed by atoms with E-state index in [0.717, 1.165) is 21.3 Å². The molecule has 1 aliphatic rings. The average molecular weight is 436 g/mol. The fraction of sp³-hybridized carbons (Fsp3) is 0.350. The molecule has 1 heterocycles. The van der Waals surface area contributed by atoms with Gasteiger partial charge in [0.1, 0.15) is 0 Å². The van der Waals surface area contributed by atoms with Crippen LogP contribution in [0, 0.1) is 0 Å². The summed E-state index contributed by atoms with van der Waals surface area (Å²) >= 11 is 3.56.